The Morgan fingerprint density at radius 2 is 2.44 bits per heavy atom. The Labute approximate surface area is 56.6 Å². The van der Waals surface area contributed by atoms with Crippen molar-refractivity contribution in [3.63, 3.8) is 0 Å². The van der Waals surface area contributed by atoms with Crippen LogP contribution in [0.1, 0.15) is 6.42 Å². The fraction of sp³-hybridized carbons (Fsp3) is 0.857. The third-order valence-electron chi connectivity index (χ3n) is 1.79. The molecule has 1 heterocycles. The molecule has 9 heavy (non-hydrogen) atoms. The van der Waals surface area contributed by atoms with Crippen LogP contribution >= 0.6 is 0 Å². The molecular formula is C7H14N2. The topological polar surface area (TPSA) is 15.6 Å². The van der Waals surface area contributed by atoms with Crippen molar-refractivity contribution in [2.75, 3.05) is 27.2 Å². The number of nitrogens with zero attached hydrogens (tertiary/aromatic N) is 2. The molecule has 1 unspecified atom stereocenters. The van der Waals surface area contributed by atoms with Crippen LogP contribution in [0.4, 0.5) is 0 Å². The molecule has 1 saturated heterocycles. The smallest absolute Gasteiger partial charge is 0.0273 e. The number of aliphatic imine (C=N–C) groups is 1. The van der Waals surface area contributed by atoms with Crippen LogP contribution in [-0.2, 0) is 0 Å². The van der Waals surface area contributed by atoms with Gasteiger partial charge in [-0.15, -0.1) is 0 Å². The first-order valence-corrected chi connectivity index (χ1v) is 3.43. The van der Waals surface area contributed by atoms with E-state index in [1.807, 2.05) is 7.05 Å². The predicted molar refractivity (Wildman–Crippen MR) is 40.0 cm³/mol. The maximum absolute atomic E-state index is 4.00. The number of hydrogen-bond acceptors (Lipinski definition) is 2. The van der Waals surface area contributed by atoms with Crippen molar-refractivity contribution in [1.29, 1.82) is 0 Å². The quantitative estimate of drug-likeness (QED) is 0.471. The Kier molecular flexibility index (Phi) is 2.22. The van der Waals surface area contributed by atoms with E-state index in [9.17, 15) is 0 Å². The Morgan fingerprint density at radius 1 is 1.67 bits per heavy atom. The number of rotatable bonds is 1. The van der Waals surface area contributed by atoms with E-state index in [1.165, 1.54) is 19.5 Å². The van der Waals surface area contributed by atoms with Crippen molar-refractivity contribution in [1.82, 2.24) is 4.90 Å². The van der Waals surface area contributed by atoms with E-state index in [2.05, 4.69) is 23.2 Å². The molecule has 2 nitrogen and oxygen atoms in total. The van der Waals surface area contributed by atoms with Crippen molar-refractivity contribution in [2.45, 2.75) is 6.42 Å². The summed E-state index contributed by atoms with van der Waals surface area (Å²) in [7, 11) is 4.00. The van der Waals surface area contributed by atoms with Crippen LogP contribution in [-0.4, -0.2) is 38.3 Å². The fourth-order valence-corrected chi connectivity index (χ4v) is 1.30. The van der Waals surface area contributed by atoms with Gasteiger partial charge in [-0.1, -0.05) is 0 Å². The molecule has 1 rings (SSSR count). The minimum atomic E-state index is 0.722. The van der Waals surface area contributed by atoms with Gasteiger partial charge >= 0.3 is 0 Å². The second-order valence-electron chi connectivity index (χ2n) is 2.72. The fourth-order valence-electron chi connectivity index (χ4n) is 1.30. The van der Waals surface area contributed by atoms with Crippen LogP contribution in [0.15, 0.2) is 4.99 Å². The van der Waals surface area contributed by atoms with Crippen molar-refractivity contribution in [3.8, 4) is 0 Å². The normalized spacial score (nSPS) is 30.2. The summed E-state index contributed by atoms with van der Waals surface area (Å²) in [6, 6.07) is 0. The van der Waals surface area contributed by atoms with Gasteiger partial charge in [0.05, 0.1) is 0 Å². The lowest BCUT2D eigenvalue weighted by atomic mass is 10.1. The molecule has 1 atom stereocenters. The molecule has 0 spiro atoms. The van der Waals surface area contributed by atoms with Gasteiger partial charge in [-0.05, 0) is 20.0 Å². The van der Waals surface area contributed by atoms with E-state index in [4.69, 9.17) is 0 Å². The van der Waals surface area contributed by atoms with Crippen molar-refractivity contribution in [2.24, 2.45) is 10.9 Å². The van der Waals surface area contributed by atoms with Crippen LogP contribution in [0.2, 0.25) is 0 Å². The maximum atomic E-state index is 4.00. The van der Waals surface area contributed by atoms with Gasteiger partial charge in [0.1, 0.15) is 0 Å². The van der Waals surface area contributed by atoms with Crippen LogP contribution in [0.25, 0.3) is 0 Å². The summed E-state index contributed by atoms with van der Waals surface area (Å²) in [5.41, 5.74) is 0. The monoisotopic (exact) mass is 126 g/mol. The van der Waals surface area contributed by atoms with Crippen LogP contribution in [0.3, 0.4) is 0 Å². The minimum absolute atomic E-state index is 0.722. The molecular weight excluding hydrogens is 112 g/mol. The molecule has 1 aliphatic rings. The van der Waals surface area contributed by atoms with Gasteiger partial charge < -0.3 is 9.89 Å². The average molecular weight is 126 g/mol. The second kappa shape index (κ2) is 2.97. The molecule has 2 heteroatoms. The van der Waals surface area contributed by atoms with E-state index in [0.717, 1.165) is 5.92 Å². The molecule has 0 aromatic carbocycles. The van der Waals surface area contributed by atoms with Gasteiger partial charge in [0, 0.05) is 25.7 Å². The second-order valence-corrected chi connectivity index (χ2v) is 2.72. The highest BCUT2D eigenvalue weighted by atomic mass is 15.1. The molecule has 0 N–H and O–H groups in total. The molecule has 0 radical (unpaired) electrons. The summed E-state index contributed by atoms with van der Waals surface area (Å²) < 4.78 is 0. The highest BCUT2D eigenvalue weighted by molar-refractivity contribution is 5.61. The zero-order valence-corrected chi connectivity index (χ0v) is 6.17. The molecule has 52 valence electrons. The predicted octanol–water partition coefficient (Wildman–Crippen LogP) is 0.639. The Bertz CT molecular complexity index is 109. The Hall–Kier alpha value is -0.370. The third kappa shape index (κ3) is 1.79. The molecule has 0 aromatic rings. The minimum Gasteiger partial charge on any atom is -0.306 e. The van der Waals surface area contributed by atoms with Gasteiger partial charge in [0.2, 0.25) is 0 Å². The summed E-state index contributed by atoms with van der Waals surface area (Å²) in [6.07, 6.45) is 3.34. The van der Waals surface area contributed by atoms with Gasteiger partial charge in [0.15, 0.2) is 0 Å². The average Bonchev–Trinajstić information content (AvgIpc) is 2.17. The summed E-state index contributed by atoms with van der Waals surface area (Å²) in [6.45, 7) is 2.42. The highest BCUT2D eigenvalue weighted by Crippen LogP contribution is 2.10. The highest BCUT2D eigenvalue weighted by Gasteiger charge is 2.16. The first-order chi connectivity index (χ1) is 4.33. The molecule has 0 amide bonds. The summed E-state index contributed by atoms with van der Waals surface area (Å²) in [5, 5.41) is 0. The zero-order chi connectivity index (χ0) is 6.69. The van der Waals surface area contributed by atoms with Crippen LogP contribution in [0.5, 0.6) is 0 Å². The largest absolute Gasteiger partial charge is 0.306 e. The summed E-state index contributed by atoms with van der Waals surface area (Å²) in [4.78, 5) is 6.34. The van der Waals surface area contributed by atoms with Crippen LogP contribution < -0.4 is 0 Å². The number of likely N-dealkylation sites (tertiary alicyclic amines) is 1. The van der Waals surface area contributed by atoms with Gasteiger partial charge in [-0.2, -0.15) is 0 Å². The lowest BCUT2D eigenvalue weighted by molar-refractivity contribution is 0.411. The molecule has 0 aliphatic carbocycles. The van der Waals surface area contributed by atoms with E-state index < -0.39 is 0 Å². The summed E-state index contributed by atoms with van der Waals surface area (Å²) >= 11 is 0. The van der Waals surface area contributed by atoms with E-state index in [-0.39, 0.29) is 0 Å². The van der Waals surface area contributed by atoms with Crippen molar-refractivity contribution >= 4 is 6.21 Å². The Morgan fingerprint density at radius 3 is 2.89 bits per heavy atom. The van der Waals surface area contributed by atoms with Crippen molar-refractivity contribution < 1.29 is 0 Å². The van der Waals surface area contributed by atoms with E-state index in [1.54, 1.807) is 0 Å². The lowest BCUT2D eigenvalue weighted by Gasteiger charge is -2.04. The Balaban J connectivity index is 2.30. The van der Waals surface area contributed by atoms with E-state index in [0.29, 0.717) is 0 Å². The zero-order valence-electron chi connectivity index (χ0n) is 6.17. The first kappa shape index (κ1) is 6.75. The lowest BCUT2D eigenvalue weighted by Crippen LogP contribution is -2.14. The van der Waals surface area contributed by atoms with Crippen LogP contribution in [0, 0.1) is 5.92 Å². The summed E-state index contributed by atoms with van der Waals surface area (Å²) in [5.74, 6) is 0.722. The number of hydrogen-bond donors (Lipinski definition) is 0. The first-order valence-electron chi connectivity index (χ1n) is 3.43. The molecule has 1 aliphatic heterocycles. The molecule has 0 saturated carbocycles. The molecule has 1 fully saturated rings. The SMILES string of the molecule is CN=CC1CCN(C)C1. The van der Waals surface area contributed by atoms with E-state index >= 15 is 0 Å². The van der Waals surface area contributed by atoms with Gasteiger partial charge in [0.25, 0.3) is 0 Å². The van der Waals surface area contributed by atoms with Crippen molar-refractivity contribution in [3.05, 3.63) is 0 Å². The molecule has 0 aromatic heterocycles. The van der Waals surface area contributed by atoms with Gasteiger partial charge in [-0.25, -0.2) is 0 Å². The maximum Gasteiger partial charge on any atom is 0.0273 e. The third-order valence-corrected chi connectivity index (χ3v) is 1.79. The molecule has 0 bridgehead atoms. The standard InChI is InChI=1S/C7H14N2/c1-8-5-7-3-4-9(2)6-7/h5,7H,3-4,6H2,1-2H3. The van der Waals surface area contributed by atoms with Gasteiger partial charge in [-0.3, -0.25) is 0 Å².